The molecule has 3 aromatic carbocycles. The van der Waals surface area contributed by atoms with Crippen molar-refractivity contribution in [3.05, 3.63) is 100 Å². The summed E-state index contributed by atoms with van der Waals surface area (Å²) in [5.41, 5.74) is 2.16. The number of carbonyl (C=O) groups is 2. The number of benzene rings is 3. The summed E-state index contributed by atoms with van der Waals surface area (Å²) >= 11 is 1.47. The number of rotatable bonds is 7. The molecule has 0 saturated carbocycles. The van der Waals surface area contributed by atoms with Crippen molar-refractivity contribution >= 4 is 36.0 Å². The number of hydrogen-bond donors (Lipinski definition) is 2. The highest BCUT2D eigenvalue weighted by atomic mass is 32.2. The van der Waals surface area contributed by atoms with Gasteiger partial charge >= 0.3 is 0 Å². The summed E-state index contributed by atoms with van der Waals surface area (Å²) in [6.45, 7) is 3.72. The van der Waals surface area contributed by atoms with E-state index in [2.05, 4.69) is 22.3 Å². The quantitative estimate of drug-likeness (QED) is 0.463. The van der Waals surface area contributed by atoms with Gasteiger partial charge < -0.3 is 15.4 Å². The third kappa shape index (κ3) is 5.48. The molecular formula is C25H20FN3O3S. The Morgan fingerprint density at radius 3 is 2.70 bits per heavy atom. The largest absolute Gasteiger partial charge is 0.454 e. The van der Waals surface area contributed by atoms with Crippen molar-refractivity contribution in [3.63, 3.8) is 0 Å². The average molecular weight is 462 g/mol. The van der Waals surface area contributed by atoms with Gasteiger partial charge in [0.2, 0.25) is 0 Å². The summed E-state index contributed by atoms with van der Waals surface area (Å²) in [4.78, 5) is 29.8. The highest BCUT2D eigenvalue weighted by Crippen LogP contribution is 2.36. The van der Waals surface area contributed by atoms with Gasteiger partial charge in [-0.3, -0.25) is 14.6 Å². The minimum Gasteiger partial charge on any atom is -0.454 e. The van der Waals surface area contributed by atoms with Gasteiger partial charge in [0.15, 0.2) is 5.75 Å². The van der Waals surface area contributed by atoms with E-state index in [0.717, 1.165) is 10.5 Å². The summed E-state index contributed by atoms with van der Waals surface area (Å²) in [5.74, 6) is 0.602. The Morgan fingerprint density at radius 2 is 1.91 bits per heavy atom. The van der Waals surface area contributed by atoms with Crippen LogP contribution in [-0.4, -0.2) is 25.1 Å². The molecule has 0 bridgehead atoms. The summed E-state index contributed by atoms with van der Waals surface area (Å²) < 4.78 is 18.9. The van der Waals surface area contributed by atoms with Gasteiger partial charge in [-0.05, 0) is 54.7 Å². The second kappa shape index (κ2) is 10.1. The second-order valence-corrected chi connectivity index (χ2v) is 8.24. The van der Waals surface area contributed by atoms with Crippen molar-refractivity contribution in [1.82, 2.24) is 5.32 Å². The predicted octanol–water partition coefficient (Wildman–Crippen LogP) is 5.39. The van der Waals surface area contributed by atoms with E-state index in [1.165, 1.54) is 23.9 Å². The Labute approximate surface area is 194 Å². The van der Waals surface area contributed by atoms with Crippen LogP contribution in [0.1, 0.15) is 26.3 Å². The second-order valence-electron chi connectivity index (χ2n) is 7.14. The zero-order valence-corrected chi connectivity index (χ0v) is 18.3. The molecule has 3 aromatic rings. The minimum absolute atomic E-state index is 0.245. The van der Waals surface area contributed by atoms with Crippen LogP contribution in [-0.2, 0) is 5.75 Å². The maximum atomic E-state index is 13.1. The number of ether oxygens (including phenoxy) is 1. The number of para-hydroxylation sites is 1. The van der Waals surface area contributed by atoms with E-state index in [0.29, 0.717) is 34.1 Å². The van der Waals surface area contributed by atoms with E-state index >= 15 is 0 Å². The molecule has 8 heteroatoms. The molecule has 1 aliphatic rings. The topological polar surface area (TPSA) is 79.8 Å². The monoisotopic (exact) mass is 461 g/mol. The van der Waals surface area contributed by atoms with E-state index < -0.39 is 0 Å². The van der Waals surface area contributed by atoms with Crippen molar-refractivity contribution in [2.75, 3.05) is 11.9 Å². The van der Waals surface area contributed by atoms with Crippen LogP contribution >= 0.6 is 11.8 Å². The molecular weight excluding hydrogens is 441 g/mol. The van der Waals surface area contributed by atoms with Crippen LogP contribution in [0.4, 0.5) is 10.1 Å². The first-order chi connectivity index (χ1) is 16.0. The first-order valence-electron chi connectivity index (χ1n) is 10.1. The maximum Gasteiger partial charge on any atom is 0.259 e. The lowest BCUT2D eigenvalue weighted by molar-refractivity contribution is 0.0956. The highest BCUT2D eigenvalue weighted by Gasteiger charge is 2.21. The summed E-state index contributed by atoms with van der Waals surface area (Å²) in [7, 11) is 0. The molecule has 0 atom stereocenters. The van der Waals surface area contributed by atoms with Crippen molar-refractivity contribution in [2.45, 2.75) is 5.75 Å². The van der Waals surface area contributed by atoms with Gasteiger partial charge in [-0.2, -0.15) is 0 Å². The number of halogens is 1. The van der Waals surface area contributed by atoms with Crippen LogP contribution < -0.4 is 15.4 Å². The third-order valence-corrected chi connectivity index (χ3v) is 5.94. The molecule has 0 spiro atoms. The number of fused-ring (bicyclic) bond motifs is 2. The Kier molecular flexibility index (Phi) is 6.85. The number of hydrogen-bond acceptors (Lipinski definition) is 5. The molecule has 6 nitrogen and oxygen atoms in total. The summed E-state index contributed by atoms with van der Waals surface area (Å²) in [6, 6.07) is 18.0. The van der Waals surface area contributed by atoms with Crippen LogP contribution in [0.3, 0.4) is 0 Å². The molecule has 0 saturated heterocycles. The van der Waals surface area contributed by atoms with Crippen LogP contribution in [0.15, 0.2) is 82.8 Å². The van der Waals surface area contributed by atoms with Crippen LogP contribution in [0.2, 0.25) is 0 Å². The first kappa shape index (κ1) is 22.3. The Morgan fingerprint density at radius 1 is 1.12 bits per heavy atom. The SMILES string of the molecule is C=N/C=C(/CNC(=O)c1ccc2c(c1)NC(=O)c1ccccc1O2)SCc1ccc(F)cc1. The summed E-state index contributed by atoms with van der Waals surface area (Å²) in [6.07, 6.45) is 1.58. The van der Waals surface area contributed by atoms with Crippen LogP contribution in [0.25, 0.3) is 0 Å². The lowest BCUT2D eigenvalue weighted by Crippen LogP contribution is -2.25. The van der Waals surface area contributed by atoms with Gasteiger partial charge in [-0.15, -0.1) is 11.8 Å². The van der Waals surface area contributed by atoms with E-state index in [1.54, 1.807) is 60.8 Å². The zero-order valence-electron chi connectivity index (χ0n) is 17.5. The lowest BCUT2D eigenvalue weighted by atomic mass is 10.1. The van der Waals surface area contributed by atoms with Gasteiger partial charge in [0, 0.05) is 22.4 Å². The van der Waals surface area contributed by atoms with Gasteiger partial charge in [-0.25, -0.2) is 4.39 Å². The van der Waals surface area contributed by atoms with E-state index in [-0.39, 0.29) is 24.2 Å². The molecule has 2 N–H and O–H groups in total. The third-order valence-electron chi connectivity index (χ3n) is 4.84. The molecule has 0 aromatic heterocycles. The van der Waals surface area contributed by atoms with Gasteiger partial charge in [-0.1, -0.05) is 24.3 Å². The van der Waals surface area contributed by atoms with Gasteiger partial charge in [0.05, 0.1) is 17.8 Å². The smallest absolute Gasteiger partial charge is 0.259 e. The average Bonchev–Trinajstić information content (AvgIpc) is 2.97. The summed E-state index contributed by atoms with van der Waals surface area (Å²) in [5, 5.41) is 5.64. The minimum atomic E-state index is -0.314. The maximum absolute atomic E-state index is 13.1. The Hall–Kier alpha value is -3.91. The molecule has 0 unspecified atom stereocenters. The van der Waals surface area contributed by atoms with Gasteiger partial charge in [0.1, 0.15) is 11.6 Å². The predicted molar refractivity (Wildman–Crippen MR) is 129 cm³/mol. The fraction of sp³-hybridized carbons (Fsp3) is 0.0800. The highest BCUT2D eigenvalue weighted by molar-refractivity contribution is 8.02. The van der Waals surface area contributed by atoms with Crippen LogP contribution in [0, 0.1) is 5.82 Å². The lowest BCUT2D eigenvalue weighted by Gasteiger charge is -2.11. The van der Waals surface area contributed by atoms with Crippen molar-refractivity contribution in [2.24, 2.45) is 4.99 Å². The number of carbonyl (C=O) groups excluding carboxylic acids is 2. The van der Waals surface area contributed by atoms with Crippen molar-refractivity contribution in [1.29, 1.82) is 0 Å². The molecule has 1 heterocycles. The normalized spacial score (nSPS) is 12.5. The van der Waals surface area contributed by atoms with Gasteiger partial charge in [0.25, 0.3) is 11.8 Å². The molecule has 4 rings (SSSR count). The number of nitrogens with zero attached hydrogens (tertiary/aromatic N) is 1. The molecule has 33 heavy (non-hydrogen) atoms. The number of aliphatic imine (C=N–C) groups is 1. The fourth-order valence-electron chi connectivity index (χ4n) is 3.17. The molecule has 0 aliphatic carbocycles. The Bertz CT molecular complexity index is 1240. The van der Waals surface area contributed by atoms with Crippen molar-refractivity contribution in [3.8, 4) is 11.5 Å². The number of nitrogens with one attached hydrogen (secondary N) is 2. The fourth-order valence-corrected chi connectivity index (χ4v) is 4.04. The standard InChI is InChI=1S/C25H20FN3O3S/c1-27-13-19(33-15-16-6-9-18(26)10-7-16)14-28-24(30)17-8-11-23-21(12-17)29-25(31)20-4-2-3-5-22(20)32-23/h2-13H,1,14-15H2,(H,28,30)(H,29,31)/b19-13-. The van der Waals surface area contributed by atoms with E-state index in [1.807, 2.05) is 0 Å². The number of anilines is 1. The first-order valence-corrected chi connectivity index (χ1v) is 11.0. The number of thioether (sulfide) groups is 1. The molecule has 2 amide bonds. The van der Waals surface area contributed by atoms with Crippen LogP contribution in [0.5, 0.6) is 11.5 Å². The molecule has 0 radical (unpaired) electrons. The van der Waals surface area contributed by atoms with Crippen molar-refractivity contribution < 1.29 is 18.7 Å². The van der Waals surface area contributed by atoms with E-state index in [4.69, 9.17) is 4.74 Å². The number of amides is 2. The van der Waals surface area contributed by atoms with E-state index in [9.17, 15) is 14.0 Å². The molecule has 0 fully saturated rings. The molecule has 1 aliphatic heterocycles. The Balaban J connectivity index is 1.41. The zero-order chi connectivity index (χ0) is 23.2. The molecule has 166 valence electrons.